The molecule has 316 valence electrons. The molecule has 0 radical (unpaired) electrons. The number of alkyl halides is 4. The first-order valence-corrected chi connectivity index (χ1v) is 20.6. The predicted molar refractivity (Wildman–Crippen MR) is 204 cm³/mol. The number of aromatic nitrogens is 4. The lowest BCUT2D eigenvalue weighted by Crippen LogP contribution is -2.34. The van der Waals surface area contributed by atoms with Crippen molar-refractivity contribution in [2.45, 2.75) is 53.6 Å². The number of halogens is 6. The molecule has 1 amide bonds. The summed E-state index contributed by atoms with van der Waals surface area (Å²) in [6, 6.07) is 13.8. The fourth-order valence-corrected chi connectivity index (χ4v) is 7.14. The van der Waals surface area contributed by atoms with Crippen LogP contribution in [-0.2, 0) is 37.9 Å². The summed E-state index contributed by atoms with van der Waals surface area (Å²) in [6.45, 7) is 5.18. The van der Waals surface area contributed by atoms with Crippen molar-refractivity contribution in [3.8, 4) is 11.5 Å². The zero-order valence-corrected chi connectivity index (χ0v) is 33.4. The third-order valence-corrected chi connectivity index (χ3v) is 11.8. The first-order chi connectivity index (χ1) is 27.8. The molecule has 0 spiro atoms. The van der Waals surface area contributed by atoms with Gasteiger partial charge in [-0.25, -0.2) is 25.6 Å². The number of aryl methyl sites for hydroxylation is 2. The number of ketones is 1. The van der Waals surface area contributed by atoms with Crippen LogP contribution >= 0.6 is 0 Å². The SMILES string of the molecule is CCS(=O)(=O)N(Cc1ccc(-c2nnc(C(F)F)o2)cn1)c1ccc(F)c(C)c1.CCS(=O)(=O)N(Cc1ccc(C(=O)CNC(=O)C(F)F)cn1)c1ccc(F)c(C)c1. The molecule has 1 N–H and O–H groups in total. The maximum absolute atomic E-state index is 13.6. The number of nitrogens with zero attached hydrogens (tertiary/aromatic N) is 6. The number of sulfonamides is 2. The number of carbonyl (C=O) groups excluding carboxylic acids is 2. The summed E-state index contributed by atoms with van der Waals surface area (Å²) in [6.07, 6.45) is -3.61. The van der Waals surface area contributed by atoms with E-state index in [1.165, 1.54) is 93.8 Å². The predicted octanol–water partition coefficient (Wildman–Crippen LogP) is 6.32. The summed E-state index contributed by atoms with van der Waals surface area (Å²) >= 11 is 0. The summed E-state index contributed by atoms with van der Waals surface area (Å²) in [4.78, 5) is 31.0. The Balaban J connectivity index is 0.000000261. The monoisotopic (exact) mass is 869 g/mol. The van der Waals surface area contributed by atoms with Crippen LogP contribution in [0.3, 0.4) is 0 Å². The molecule has 0 atom stereocenters. The van der Waals surface area contributed by atoms with E-state index in [-0.39, 0.29) is 47.3 Å². The van der Waals surface area contributed by atoms with Crippen molar-refractivity contribution in [3.05, 3.63) is 119 Å². The number of benzene rings is 2. The van der Waals surface area contributed by atoms with Gasteiger partial charge in [0.2, 0.25) is 25.9 Å². The Labute approximate surface area is 335 Å². The molecule has 5 rings (SSSR count). The maximum Gasteiger partial charge on any atom is 0.315 e. The van der Waals surface area contributed by atoms with Crippen LogP contribution in [0.1, 0.15) is 59.0 Å². The summed E-state index contributed by atoms with van der Waals surface area (Å²) in [5, 5.41) is 8.59. The molecule has 0 aliphatic heterocycles. The van der Waals surface area contributed by atoms with E-state index in [2.05, 4.69) is 20.2 Å². The minimum atomic E-state index is -3.71. The quantitative estimate of drug-likeness (QED) is 0.0864. The molecule has 14 nitrogen and oxygen atoms in total. The highest BCUT2D eigenvalue weighted by atomic mass is 32.2. The van der Waals surface area contributed by atoms with Crippen LogP contribution in [-0.4, -0.2) is 73.2 Å². The normalized spacial score (nSPS) is 11.6. The number of pyridine rings is 2. The molecule has 2 aromatic carbocycles. The molecular formula is C37H37F6N7O7S2. The van der Waals surface area contributed by atoms with Gasteiger partial charge in [0.05, 0.1) is 59.5 Å². The van der Waals surface area contributed by atoms with Gasteiger partial charge in [-0.05, 0) is 99.5 Å². The minimum Gasteiger partial charge on any atom is -0.415 e. The Morgan fingerprint density at radius 1 is 0.729 bits per heavy atom. The second-order valence-corrected chi connectivity index (χ2v) is 16.8. The van der Waals surface area contributed by atoms with Gasteiger partial charge < -0.3 is 9.73 Å². The molecule has 22 heteroatoms. The van der Waals surface area contributed by atoms with Crippen molar-refractivity contribution in [1.82, 2.24) is 25.5 Å². The molecule has 0 aliphatic rings. The highest BCUT2D eigenvalue weighted by Gasteiger charge is 2.25. The third-order valence-electron chi connectivity index (χ3n) is 8.34. The molecule has 0 saturated heterocycles. The van der Waals surface area contributed by atoms with Crippen LogP contribution in [0.5, 0.6) is 0 Å². The van der Waals surface area contributed by atoms with Gasteiger partial charge in [0.15, 0.2) is 5.78 Å². The van der Waals surface area contributed by atoms with Gasteiger partial charge >= 0.3 is 12.9 Å². The van der Waals surface area contributed by atoms with Crippen LogP contribution in [0.15, 0.2) is 77.5 Å². The van der Waals surface area contributed by atoms with Crippen LogP contribution < -0.4 is 13.9 Å². The highest BCUT2D eigenvalue weighted by molar-refractivity contribution is 7.93. The second kappa shape index (κ2) is 19.7. The number of nitrogens with one attached hydrogen (secondary N) is 1. The first-order valence-electron chi connectivity index (χ1n) is 17.4. The van der Waals surface area contributed by atoms with E-state index in [4.69, 9.17) is 4.42 Å². The Hall–Kier alpha value is -5.90. The van der Waals surface area contributed by atoms with Crippen molar-refractivity contribution in [2.24, 2.45) is 0 Å². The maximum atomic E-state index is 13.6. The van der Waals surface area contributed by atoms with E-state index >= 15 is 0 Å². The molecule has 59 heavy (non-hydrogen) atoms. The minimum absolute atomic E-state index is 0.0656. The molecule has 0 bridgehead atoms. The fourth-order valence-electron chi connectivity index (χ4n) is 4.99. The van der Waals surface area contributed by atoms with Crippen molar-refractivity contribution in [2.75, 3.05) is 26.7 Å². The molecule has 0 aliphatic carbocycles. The summed E-state index contributed by atoms with van der Waals surface area (Å²) in [5.74, 6) is -4.34. The molecule has 0 unspecified atom stereocenters. The van der Waals surface area contributed by atoms with Gasteiger partial charge in [-0.3, -0.25) is 28.2 Å². The molecule has 5 aromatic rings. The zero-order valence-electron chi connectivity index (χ0n) is 31.7. The van der Waals surface area contributed by atoms with E-state index in [0.29, 0.717) is 28.2 Å². The number of amides is 1. The second-order valence-electron chi connectivity index (χ2n) is 12.4. The van der Waals surface area contributed by atoms with E-state index in [0.717, 1.165) is 8.61 Å². The molecule has 3 aromatic heterocycles. The lowest BCUT2D eigenvalue weighted by atomic mass is 10.1. The number of Topliss-reactive ketones (excluding diaryl/α,β-unsaturated/α-hetero) is 1. The van der Waals surface area contributed by atoms with E-state index in [9.17, 15) is 52.8 Å². The molecule has 0 fully saturated rings. The standard InChI is InChI=1S/C19H20F3N3O4S.C18H17F3N4O3S/c1-3-30(28,29)25(15-6-7-16(20)12(2)8-15)11-14-5-4-13(9-23-14)17(26)10-24-19(27)18(21)22;1-3-29(26,27)25(14-6-7-15(19)11(2)8-14)10-13-5-4-12(9-22-13)17-23-24-18(28-17)16(20)21/h4-9,18H,3,10-11H2,1-2H3,(H,24,27);4-9,16H,3,10H2,1-2H3. The smallest absolute Gasteiger partial charge is 0.315 e. The van der Waals surface area contributed by atoms with Crippen molar-refractivity contribution < 1.29 is 57.2 Å². The lowest BCUT2D eigenvalue weighted by Gasteiger charge is -2.24. The summed E-state index contributed by atoms with van der Waals surface area (Å²) in [5.41, 5.74) is 2.26. The largest absolute Gasteiger partial charge is 0.415 e. The Morgan fingerprint density at radius 2 is 1.24 bits per heavy atom. The lowest BCUT2D eigenvalue weighted by molar-refractivity contribution is -0.131. The van der Waals surface area contributed by atoms with Crippen molar-refractivity contribution >= 4 is 43.1 Å². The van der Waals surface area contributed by atoms with Gasteiger partial charge in [-0.15, -0.1) is 10.2 Å². The van der Waals surface area contributed by atoms with Crippen molar-refractivity contribution in [1.29, 1.82) is 0 Å². The summed E-state index contributed by atoms with van der Waals surface area (Å²) in [7, 11) is -7.37. The van der Waals surface area contributed by atoms with Crippen LogP contribution in [0.2, 0.25) is 0 Å². The third kappa shape index (κ3) is 12.1. The van der Waals surface area contributed by atoms with Gasteiger partial charge in [-0.1, -0.05) is 0 Å². The topological polar surface area (TPSA) is 186 Å². The van der Waals surface area contributed by atoms with Crippen LogP contribution in [0.25, 0.3) is 11.5 Å². The molecule has 3 heterocycles. The zero-order chi connectivity index (χ0) is 43.7. The molecule has 0 saturated carbocycles. The van der Waals surface area contributed by atoms with Gasteiger partial charge in [0.1, 0.15) is 11.6 Å². The highest BCUT2D eigenvalue weighted by Crippen LogP contribution is 2.27. The van der Waals surface area contributed by atoms with Crippen molar-refractivity contribution in [3.63, 3.8) is 0 Å². The first kappa shape index (κ1) is 45.8. The fraction of sp³-hybridized carbons (Fsp3) is 0.297. The van der Waals surface area contributed by atoms with Crippen LogP contribution in [0.4, 0.5) is 37.7 Å². The van der Waals surface area contributed by atoms with E-state index < -0.39 is 68.7 Å². The average Bonchev–Trinajstić information content (AvgIpc) is 3.72. The van der Waals surface area contributed by atoms with Gasteiger partial charge in [-0.2, -0.15) is 17.6 Å². The van der Waals surface area contributed by atoms with Gasteiger partial charge in [0.25, 0.3) is 11.8 Å². The van der Waals surface area contributed by atoms with Gasteiger partial charge in [0, 0.05) is 18.0 Å². The van der Waals surface area contributed by atoms with E-state index in [1.54, 1.807) is 12.2 Å². The van der Waals surface area contributed by atoms with Crippen LogP contribution in [0, 0.1) is 25.5 Å². The summed E-state index contributed by atoms with van der Waals surface area (Å²) < 4.78 is 134. The Kier molecular flexibility index (Phi) is 15.3. The van der Waals surface area contributed by atoms with E-state index in [1.807, 2.05) is 0 Å². The number of rotatable bonds is 16. The number of carbonyl (C=O) groups is 2. The average molecular weight is 870 g/mol. The Bertz CT molecular complexity index is 2470. The number of anilines is 2. The Morgan fingerprint density at radius 3 is 1.63 bits per heavy atom. The molecular weight excluding hydrogens is 833 g/mol. The number of hydrogen-bond donors (Lipinski definition) is 1. The number of hydrogen-bond acceptors (Lipinski definition) is 11.